The highest BCUT2D eigenvalue weighted by atomic mass is 16.6. The molecule has 1 aromatic carbocycles. The van der Waals surface area contributed by atoms with Gasteiger partial charge in [0.25, 0.3) is 5.91 Å². The van der Waals surface area contributed by atoms with Gasteiger partial charge < -0.3 is 41.6 Å². The monoisotopic (exact) mass is 623 g/mol. The molecule has 2 heterocycles. The molecule has 0 aliphatic rings. The third-order valence-corrected chi connectivity index (χ3v) is 5.72. The second kappa shape index (κ2) is 15.3. The number of esters is 1. The van der Waals surface area contributed by atoms with Crippen LogP contribution >= 0.6 is 0 Å². The van der Waals surface area contributed by atoms with Gasteiger partial charge in [0, 0.05) is 30.8 Å². The molecule has 0 spiro atoms. The van der Waals surface area contributed by atoms with Crippen LogP contribution in [0.25, 0.3) is 11.2 Å². The van der Waals surface area contributed by atoms with Crippen molar-refractivity contribution in [3.8, 4) is 5.88 Å². The Morgan fingerprint density at radius 1 is 1.04 bits per heavy atom. The number of hydrogen-bond donors (Lipinski definition) is 6. The van der Waals surface area contributed by atoms with Gasteiger partial charge in [-0.25, -0.2) is 19.6 Å². The summed E-state index contributed by atoms with van der Waals surface area (Å²) in [5.41, 5.74) is 6.56. The number of nitrogens with zero attached hydrogens (tertiary/aromatic N) is 4. The van der Waals surface area contributed by atoms with Crippen LogP contribution in [0.5, 0.6) is 5.88 Å². The number of anilines is 2. The Labute approximate surface area is 259 Å². The summed E-state index contributed by atoms with van der Waals surface area (Å²) < 4.78 is 10.2. The summed E-state index contributed by atoms with van der Waals surface area (Å²) >= 11 is 0. The number of fused-ring (bicyclic) bond motifs is 1. The van der Waals surface area contributed by atoms with Crippen molar-refractivity contribution in [1.82, 2.24) is 35.9 Å². The summed E-state index contributed by atoms with van der Waals surface area (Å²) in [5.74, 6) is -2.06. The number of rotatable bonds is 13. The molecular weight excluding hydrogens is 586 g/mol. The molecule has 45 heavy (non-hydrogen) atoms. The Balaban J connectivity index is 1.52. The lowest BCUT2D eigenvalue weighted by Crippen LogP contribution is -2.43. The van der Waals surface area contributed by atoms with E-state index >= 15 is 0 Å². The van der Waals surface area contributed by atoms with E-state index in [9.17, 15) is 24.3 Å². The van der Waals surface area contributed by atoms with Gasteiger partial charge in [-0.2, -0.15) is 9.97 Å². The molecule has 16 heteroatoms. The van der Waals surface area contributed by atoms with Crippen molar-refractivity contribution in [3.05, 3.63) is 54.1 Å². The predicted molar refractivity (Wildman–Crippen MR) is 164 cm³/mol. The molecule has 7 N–H and O–H groups in total. The second-order valence-electron chi connectivity index (χ2n) is 10.8. The number of allylic oxidation sites excluding steroid dienone is 1. The average Bonchev–Trinajstić information content (AvgIpc) is 2.95. The molecule has 0 fully saturated rings. The van der Waals surface area contributed by atoms with Gasteiger partial charge in [-0.05, 0) is 58.4 Å². The van der Waals surface area contributed by atoms with Crippen LogP contribution in [0.4, 0.5) is 16.4 Å². The summed E-state index contributed by atoms with van der Waals surface area (Å²) in [6.45, 7) is 10.8. The number of carbonyl (C=O) groups excluding carboxylic acids is 4. The number of amides is 3. The fourth-order valence-corrected chi connectivity index (χ4v) is 3.74. The minimum Gasteiger partial charge on any atom is -0.492 e. The quantitative estimate of drug-likeness (QED) is 0.0908. The van der Waals surface area contributed by atoms with Gasteiger partial charge in [0.15, 0.2) is 11.2 Å². The van der Waals surface area contributed by atoms with Crippen LogP contribution in [-0.4, -0.2) is 73.7 Å². The van der Waals surface area contributed by atoms with Crippen LogP contribution in [0.2, 0.25) is 0 Å². The smallest absolute Gasteiger partial charge is 0.407 e. The molecule has 3 aromatic rings. The van der Waals surface area contributed by atoms with E-state index in [0.29, 0.717) is 11.4 Å². The van der Waals surface area contributed by atoms with Crippen LogP contribution in [0, 0.1) is 0 Å². The third-order valence-electron chi connectivity index (χ3n) is 5.72. The lowest BCUT2D eigenvalue weighted by molar-refractivity contribution is -0.141. The van der Waals surface area contributed by atoms with Crippen molar-refractivity contribution in [2.45, 2.75) is 58.7 Å². The molecule has 0 aliphatic heterocycles. The zero-order chi connectivity index (χ0) is 33.1. The number of aromatic nitrogens is 4. The number of nitrogens with two attached hydrogens (primary N) is 1. The van der Waals surface area contributed by atoms with Gasteiger partial charge in [0.2, 0.25) is 17.7 Å². The molecule has 240 valence electrons. The maximum atomic E-state index is 13.0. The number of nitrogens with one attached hydrogen (secondary N) is 4. The van der Waals surface area contributed by atoms with E-state index in [1.165, 1.54) is 13.1 Å². The van der Waals surface area contributed by atoms with Gasteiger partial charge >= 0.3 is 12.1 Å². The number of benzene rings is 1. The molecule has 0 saturated heterocycles. The van der Waals surface area contributed by atoms with Crippen molar-refractivity contribution < 1.29 is 33.8 Å². The summed E-state index contributed by atoms with van der Waals surface area (Å²) in [7, 11) is 0. The standard InChI is InChI=1S/C29H37N9O7/c1-16(2)44-26(42)20(10-11-21(39)31-12-13-32-28(43)45-29(3,4)5)36-24(40)17-6-8-18(9-7-17)33-14-19-15-34-23-22(35-19)25(41)38-27(30)37-23/h6-9,15,20,33H,1,10-14H2,2-5H3,(H,31,39)(H,32,43)(H,36,40)(H3,30,34,37,38,41)/t20-/m0/s1. The zero-order valence-corrected chi connectivity index (χ0v) is 25.5. The van der Waals surface area contributed by atoms with Gasteiger partial charge in [0.1, 0.15) is 11.6 Å². The van der Waals surface area contributed by atoms with Gasteiger partial charge in [-0.3, -0.25) is 9.59 Å². The molecule has 0 radical (unpaired) electrons. The summed E-state index contributed by atoms with van der Waals surface area (Å²) in [6, 6.07) is 5.30. The van der Waals surface area contributed by atoms with E-state index in [2.05, 4.69) is 47.8 Å². The SMILES string of the molecule is C=C(C)OC(=O)[C@H](CCC(=O)NCCNC(=O)OC(C)(C)C)NC(=O)c1ccc(NCc2cnc3nc(N)nc(O)c3n2)cc1. The first-order valence-electron chi connectivity index (χ1n) is 13.9. The minimum absolute atomic E-state index is 0.0389. The highest BCUT2D eigenvalue weighted by Gasteiger charge is 2.24. The van der Waals surface area contributed by atoms with Crippen LogP contribution in [0.3, 0.4) is 0 Å². The van der Waals surface area contributed by atoms with E-state index < -0.39 is 29.6 Å². The molecule has 16 nitrogen and oxygen atoms in total. The molecule has 3 rings (SSSR count). The number of hydrogen-bond acceptors (Lipinski definition) is 13. The lowest BCUT2D eigenvalue weighted by Gasteiger charge is -2.19. The first kappa shape index (κ1) is 34.0. The van der Waals surface area contributed by atoms with Crippen molar-refractivity contribution >= 4 is 46.7 Å². The summed E-state index contributed by atoms with van der Waals surface area (Å²) in [5, 5.41) is 20.9. The molecule has 0 saturated carbocycles. The number of alkyl carbamates (subject to hydrolysis) is 1. The van der Waals surface area contributed by atoms with E-state index in [4.69, 9.17) is 15.2 Å². The van der Waals surface area contributed by atoms with E-state index in [-0.39, 0.29) is 72.7 Å². The summed E-state index contributed by atoms with van der Waals surface area (Å²) in [6.07, 6.45) is 0.741. The minimum atomic E-state index is -1.13. The van der Waals surface area contributed by atoms with E-state index in [0.717, 1.165) is 0 Å². The maximum Gasteiger partial charge on any atom is 0.407 e. The Morgan fingerprint density at radius 3 is 2.40 bits per heavy atom. The highest BCUT2D eigenvalue weighted by Crippen LogP contribution is 2.19. The molecule has 1 atom stereocenters. The Bertz CT molecular complexity index is 1560. The van der Waals surface area contributed by atoms with Crippen LogP contribution in [0.15, 0.2) is 42.8 Å². The molecule has 0 bridgehead atoms. The molecular formula is C29H37N9O7. The third kappa shape index (κ3) is 11.2. The zero-order valence-electron chi connectivity index (χ0n) is 25.5. The van der Waals surface area contributed by atoms with Gasteiger partial charge in [-0.1, -0.05) is 6.58 Å². The van der Waals surface area contributed by atoms with Crippen LogP contribution in [0.1, 0.15) is 56.6 Å². The Morgan fingerprint density at radius 2 is 1.73 bits per heavy atom. The van der Waals surface area contributed by atoms with Crippen molar-refractivity contribution in [2.24, 2.45) is 0 Å². The lowest BCUT2D eigenvalue weighted by atomic mass is 10.1. The number of carbonyl (C=O) groups is 4. The molecule has 3 amide bonds. The molecule has 0 unspecified atom stereocenters. The van der Waals surface area contributed by atoms with Crippen molar-refractivity contribution in [1.29, 1.82) is 0 Å². The number of nitrogen functional groups attached to an aromatic ring is 1. The van der Waals surface area contributed by atoms with Crippen molar-refractivity contribution in [2.75, 3.05) is 24.1 Å². The normalized spacial score (nSPS) is 11.6. The molecule has 0 aliphatic carbocycles. The summed E-state index contributed by atoms with van der Waals surface area (Å²) in [4.78, 5) is 65.7. The van der Waals surface area contributed by atoms with Gasteiger partial charge in [-0.15, -0.1) is 0 Å². The average molecular weight is 624 g/mol. The number of ether oxygens (including phenoxy) is 2. The molecule has 2 aromatic heterocycles. The predicted octanol–water partition coefficient (Wildman–Crippen LogP) is 1.92. The fraction of sp³-hybridized carbons (Fsp3) is 0.379. The number of aromatic hydroxyl groups is 1. The highest BCUT2D eigenvalue weighted by molar-refractivity contribution is 5.97. The maximum absolute atomic E-state index is 13.0. The van der Waals surface area contributed by atoms with E-state index in [1.54, 1.807) is 45.0 Å². The Hall–Kier alpha value is -5.54. The second-order valence-corrected chi connectivity index (χ2v) is 10.8. The topological polar surface area (TPSA) is 233 Å². The first-order valence-corrected chi connectivity index (χ1v) is 13.9. The van der Waals surface area contributed by atoms with Crippen molar-refractivity contribution in [3.63, 3.8) is 0 Å². The fourth-order valence-electron chi connectivity index (χ4n) is 3.74. The Kier molecular flexibility index (Phi) is 11.5. The van der Waals surface area contributed by atoms with Gasteiger partial charge in [0.05, 0.1) is 24.2 Å². The van der Waals surface area contributed by atoms with E-state index in [1.807, 2.05) is 0 Å². The first-order chi connectivity index (χ1) is 21.2. The van der Waals surface area contributed by atoms with Crippen LogP contribution < -0.4 is 27.0 Å². The largest absolute Gasteiger partial charge is 0.492 e. The van der Waals surface area contributed by atoms with Crippen LogP contribution in [-0.2, 0) is 25.6 Å².